The maximum atomic E-state index is 12.6. The molecular formula is C25H31N3O4. The second-order valence-corrected chi connectivity index (χ2v) is 8.24. The highest BCUT2D eigenvalue weighted by molar-refractivity contribution is 5.99. The predicted octanol–water partition coefficient (Wildman–Crippen LogP) is 3.59. The SMILES string of the molecule is COc1ccccc1N1CCN(CCCCC(=O)c2ccc3c(c2)NC(=O)CCO3)CC1. The van der Waals surface area contributed by atoms with Crippen molar-refractivity contribution in [1.29, 1.82) is 0 Å². The van der Waals surface area contributed by atoms with Gasteiger partial charge < -0.3 is 19.7 Å². The van der Waals surface area contributed by atoms with Crippen molar-refractivity contribution in [3.63, 3.8) is 0 Å². The van der Waals surface area contributed by atoms with Gasteiger partial charge in [0.1, 0.15) is 11.5 Å². The van der Waals surface area contributed by atoms with Crippen molar-refractivity contribution in [2.75, 3.05) is 56.7 Å². The summed E-state index contributed by atoms with van der Waals surface area (Å²) in [5.41, 5.74) is 2.37. The number of benzene rings is 2. The van der Waals surface area contributed by atoms with Crippen LogP contribution >= 0.6 is 0 Å². The number of carbonyl (C=O) groups is 2. The number of hydrogen-bond donors (Lipinski definition) is 1. The third-order valence-electron chi connectivity index (χ3n) is 6.09. The van der Waals surface area contributed by atoms with Crippen LogP contribution in [-0.4, -0.2) is 63.0 Å². The molecule has 0 bridgehead atoms. The zero-order chi connectivity index (χ0) is 22.3. The standard InChI is InChI=1S/C25H31N3O4/c1-31-24-8-3-2-6-21(24)28-15-13-27(14-16-28)12-5-4-7-22(29)19-9-10-23-20(18-19)26-25(30)11-17-32-23/h2-3,6,8-10,18H,4-5,7,11-17H2,1H3,(H,26,30). The number of nitrogens with one attached hydrogen (secondary N) is 1. The van der Waals surface area contributed by atoms with Crippen molar-refractivity contribution in [3.05, 3.63) is 48.0 Å². The Morgan fingerprint density at radius 2 is 1.91 bits per heavy atom. The van der Waals surface area contributed by atoms with Crippen LogP contribution in [0.15, 0.2) is 42.5 Å². The molecule has 2 aliphatic rings. The minimum Gasteiger partial charge on any atom is -0.495 e. The van der Waals surface area contributed by atoms with Gasteiger partial charge in [-0.15, -0.1) is 0 Å². The van der Waals surface area contributed by atoms with E-state index in [4.69, 9.17) is 9.47 Å². The van der Waals surface area contributed by atoms with Crippen molar-refractivity contribution in [1.82, 2.24) is 4.90 Å². The molecule has 7 nitrogen and oxygen atoms in total. The fraction of sp³-hybridized carbons (Fsp3) is 0.440. The minimum atomic E-state index is -0.0841. The lowest BCUT2D eigenvalue weighted by atomic mass is 10.0. The maximum absolute atomic E-state index is 12.6. The van der Waals surface area contributed by atoms with Gasteiger partial charge in [0.2, 0.25) is 5.91 Å². The quantitative estimate of drug-likeness (QED) is 0.503. The first kappa shape index (κ1) is 22.1. The van der Waals surface area contributed by atoms with Gasteiger partial charge in [-0.1, -0.05) is 12.1 Å². The van der Waals surface area contributed by atoms with E-state index in [0.717, 1.165) is 57.0 Å². The number of fused-ring (bicyclic) bond motifs is 1. The highest BCUT2D eigenvalue weighted by atomic mass is 16.5. The molecule has 0 saturated carbocycles. The molecule has 2 aliphatic heterocycles. The number of ether oxygens (including phenoxy) is 2. The molecule has 32 heavy (non-hydrogen) atoms. The molecule has 1 saturated heterocycles. The molecule has 7 heteroatoms. The summed E-state index contributed by atoms with van der Waals surface area (Å²) in [5.74, 6) is 1.56. The molecule has 4 rings (SSSR count). The van der Waals surface area contributed by atoms with Gasteiger partial charge in [0, 0.05) is 38.2 Å². The lowest BCUT2D eigenvalue weighted by Gasteiger charge is -2.36. The Morgan fingerprint density at radius 1 is 1.09 bits per heavy atom. The highest BCUT2D eigenvalue weighted by Gasteiger charge is 2.20. The number of ketones is 1. The van der Waals surface area contributed by atoms with Crippen molar-refractivity contribution in [2.45, 2.75) is 25.7 Å². The summed E-state index contributed by atoms with van der Waals surface area (Å²) in [6.45, 7) is 5.33. The van der Waals surface area contributed by atoms with Crippen molar-refractivity contribution in [3.8, 4) is 11.5 Å². The first-order valence-electron chi connectivity index (χ1n) is 11.3. The van der Waals surface area contributed by atoms with Crippen LogP contribution in [0.25, 0.3) is 0 Å². The number of hydrogen-bond acceptors (Lipinski definition) is 6. The summed E-state index contributed by atoms with van der Waals surface area (Å²) < 4.78 is 11.0. The van der Waals surface area contributed by atoms with Gasteiger partial charge in [-0.2, -0.15) is 0 Å². The fourth-order valence-corrected chi connectivity index (χ4v) is 4.26. The number of anilines is 2. The molecule has 1 fully saturated rings. The highest BCUT2D eigenvalue weighted by Crippen LogP contribution is 2.29. The van der Waals surface area contributed by atoms with E-state index in [0.29, 0.717) is 36.4 Å². The first-order valence-corrected chi connectivity index (χ1v) is 11.3. The van der Waals surface area contributed by atoms with E-state index in [1.807, 2.05) is 18.2 Å². The Balaban J connectivity index is 1.20. The summed E-state index contributed by atoms with van der Waals surface area (Å²) in [7, 11) is 1.71. The summed E-state index contributed by atoms with van der Waals surface area (Å²) in [5, 5.41) is 2.82. The van der Waals surface area contributed by atoms with Gasteiger partial charge in [0.05, 0.1) is 31.5 Å². The van der Waals surface area contributed by atoms with Gasteiger partial charge in [-0.25, -0.2) is 0 Å². The molecule has 1 amide bonds. The third kappa shape index (κ3) is 5.40. The van der Waals surface area contributed by atoms with E-state index >= 15 is 0 Å². The molecule has 2 aromatic rings. The van der Waals surface area contributed by atoms with Crippen LogP contribution in [0.4, 0.5) is 11.4 Å². The normalized spacial score (nSPS) is 16.5. The van der Waals surface area contributed by atoms with Crippen LogP contribution in [0.3, 0.4) is 0 Å². The maximum Gasteiger partial charge on any atom is 0.227 e. The molecule has 170 valence electrons. The molecule has 2 aromatic carbocycles. The third-order valence-corrected chi connectivity index (χ3v) is 6.09. The van der Waals surface area contributed by atoms with Crippen molar-refractivity contribution >= 4 is 23.1 Å². The number of rotatable bonds is 8. The van der Waals surface area contributed by atoms with Crippen molar-refractivity contribution in [2.24, 2.45) is 0 Å². The molecular weight excluding hydrogens is 406 g/mol. The van der Waals surface area contributed by atoms with E-state index in [-0.39, 0.29) is 11.7 Å². The zero-order valence-electron chi connectivity index (χ0n) is 18.6. The molecule has 0 spiro atoms. The number of carbonyl (C=O) groups excluding carboxylic acids is 2. The van der Waals surface area contributed by atoms with Gasteiger partial charge in [-0.05, 0) is 49.7 Å². The fourth-order valence-electron chi connectivity index (χ4n) is 4.26. The predicted molar refractivity (Wildman–Crippen MR) is 125 cm³/mol. The van der Waals surface area contributed by atoms with Crippen LogP contribution in [0.5, 0.6) is 11.5 Å². The Kier molecular flexibility index (Phi) is 7.27. The van der Waals surface area contributed by atoms with Gasteiger partial charge in [0.25, 0.3) is 0 Å². The number of unbranched alkanes of at least 4 members (excludes halogenated alkanes) is 1. The molecule has 2 heterocycles. The van der Waals surface area contributed by atoms with E-state index in [1.54, 1.807) is 25.3 Å². The smallest absolute Gasteiger partial charge is 0.227 e. The van der Waals surface area contributed by atoms with Crippen LogP contribution in [-0.2, 0) is 4.79 Å². The molecule has 0 aromatic heterocycles. The molecule has 0 radical (unpaired) electrons. The second-order valence-electron chi connectivity index (χ2n) is 8.24. The largest absolute Gasteiger partial charge is 0.495 e. The number of amides is 1. The first-order chi connectivity index (χ1) is 15.6. The second kappa shape index (κ2) is 10.5. The molecule has 0 aliphatic carbocycles. The average Bonchev–Trinajstić information content (AvgIpc) is 3.02. The van der Waals surface area contributed by atoms with E-state index in [9.17, 15) is 9.59 Å². The summed E-state index contributed by atoms with van der Waals surface area (Å²) >= 11 is 0. The Hall–Kier alpha value is -3.06. The molecule has 0 unspecified atom stereocenters. The van der Waals surface area contributed by atoms with Crippen LogP contribution in [0, 0.1) is 0 Å². The Bertz CT molecular complexity index is 954. The van der Waals surface area contributed by atoms with Crippen LogP contribution in [0.1, 0.15) is 36.0 Å². The van der Waals surface area contributed by atoms with E-state index in [1.165, 1.54) is 0 Å². The number of methoxy groups -OCH3 is 1. The molecule has 0 atom stereocenters. The lowest BCUT2D eigenvalue weighted by Crippen LogP contribution is -2.46. The van der Waals surface area contributed by atoms with Crippen molar-refractivity contribution < 1.29 is 19.1 Å². The van der Waals surface area contributed by atoms with Gasteiger partial charge in [0.15, 0.2) is 5.78 Å². The summed E-state index contributed by atoms with van der Waals surface area (Å²) in [6.07, 6.45) is 2.68. The number of Topliss-reactive ketones (excluding diaryl/α,β-unsaturated/α-hetero) is 1. The summed E-state index contributed by atoms with van der Waals surface area (Å²) in [6, 6.07) is 13.5. The van der Waals surface area contributed by atoms with Gasteiger partial charge in [-0.3, -0.25) is 14.5 Å². The number of nitrogens with zero attached hydrogens (tertiary/aromatic N) is 2. The lowest BCUT2D eigenvalue weighted by molar-refractivity contribution is -0.116. The topological polar surface area (TPSA) is 71.1 Å². The summed E-state index contributed by atoms with van der Waals surface area (Å²) in [4.78, 5) is 29.2. The van der Waals surface area contributed by atoms with E-state index < -0.39 is 0 Å². The number of piperazine rings is 1. The number of para-hydroxylation sites is 2. The Morgan fingerprint density at radius 3 is 2.72 bits per heavy atom. The molecule has 1 N–H and O–H groups in total. The monoisotopic (exact) mass is 437 g/mol. The minimum absolute atomic E-state index is 0.0841. The Labute approximate surface area is 189 Å². The van der Waals surface area contributed by atoms with Gasteiger partial charge >= 0.3 is 0 Å². The average molecular weight is 438 g/mol. The zero-order valence-corrected chi connectivity index (χ0v) is 18.6. The van der Waals surface area contributed by atoms with Crippen LogP contribution < -0.4 is 19.7 Å². The van der Waals surface area contributed by atoms with Crippen LogP contribution in [0.2, 0.25) is 0 Å². The van der Waals surface area contributed by atoms with E-state index in [2.05, 4.69) is 21.2 Å².